The minimum atomic E-state index is -2.89. The lowest BCUT2D eigenvalue weighted by Gasteiger charge is -2.19. The maximum absolute atomic E-state index is 13.1. The standard InChI is InChI=1S/C8H11FN2OS.ClH/c1-11(13(2,10)12)8-6-4-3-5-7(8)9;/h3-6,10H,1-2H3;1H. The lowest BCUT2D eigenvalue weighted by Crippen LogP contribution is -2.24. The van der Waals surface area contributed by atoms with Crippen LogP contribution in [0.15, 0.2) is 24.3 Å². The summed E-state index contributed by atoms with van der Waals surface area (Å²) in [6.45, 7) is 0. The molecule has 0 amide bonds. The van der Waals surface area contributed by atoms with Crippen LogP contribution in [0.2, 0.25) is 0 Å². The first-order valence-electron chi connectivity index (χ1n) is 3.65. The Morgan fingerprint density at radius 2 is 1.93 bits per heavy atom. The number of hydrogen-bond donors (Lipinski definition) is 1. The molecular formula is C8H12ClFN2OS. The van der Waals surface area contributed by atoms with E-state index in [1.807, 2.05) is 0 Å². The highest BCUT2D eigenvalue weighted by molar-refractivity contribution is 7.93. The van der Waals surface area contributed by atoms with Gasteiger partial charge in [0.15, 0.2) is 0 Å². The molecule has 0 radical (unpaired) electrons. The number of para-hydroxylation sites is 1. The Balaban J connectivity index is 0.00000169. The Kier molecular flexibility index (Phi) is 4.35. The molecule has 3 nitrogen and oxygen atoms in total. The predicted molar refractivity (Wildman–Crippen MR) is 58.8 cm³/mol. The molecule has 1 unspecified atom stereocenters. The molecule has 0 bridgehead atoms. The van der Waals surface area contributed by atoms with Gasteiger partial charge in [-0.05, 0) is 12.1 Å². The van der Waals surface area contributed by atoms with Gasteiger partial charge in [-0.3, -0.25) is 4.31 Å². The average molecular weight is 239 g/mol. The summed E-state index contributed by atoms with van der Waals surface area (Å²) < 4.78 is 32.8. The molecule has 0 fully saturated rings. The smallest absolute Gasteiger partial charge is 0.147 e. The third-order valence-corrected chi connectivity index (χ3v) is 2.96. The molecule has 80 valence electrons. The number of rotatable bonds is 2. The summed E-state index contributed by atoms with van der Waals surface area (Å²) in [5.74, 6) is -0.466. The van der Waals surface area contributed by atoms with Crippen molar-refractivity contribution in [1.82, 2.24) is 0 Å². The maximum Gasteiger partial charge on any atom is 0.147 e. The Bertz CT molecular complexity index is 408. The zero-order valence-corrected chi connectivity index (χ0v) is 9.49. The number of nitrogens with one attached hydrogen (secondary N) is 1. The van der Waals surface area contributed by atoms with Gasteiger partial charge in [-0.15, -0.1) is 12.4 Å². The molecule has 1 atom stereocenters. The van der Waals surface area contributed by atoms with Gasteiger partial charge in [0.25, 0.3) is 0 Å². The van der Waals surface area contributed by atoms with Crippen LogP contribution in [-0.2, 0) is 9.92 Å². The van der Waals surface area contributed by atoms with Gasteiger partial charge >= 0.3 is 0 Å². The van der Waals surface area contributed by atoms with E-state index < -0.39 is 15.7 Å². The Hall–Kier alpha value is -0.810. The molecular weight excluding hydrogens is 227 g/mol. The summed E-state index contributed by atoms with van der Waals surface area (Å²) in [5.41, 5.74) is 0.185. The van der Waals surface area contributed by atoms with Gasteiger partial charge in [0, 0.05) is 13.3 Å². The van der Waals surface area contributed by atoms with E-state index in [-0.39, 0.29) is 18.1 Å². The largest absolute Gasteiger partial charge is 0.286 e. The normalized spacial score (nSPS) is 13.9. The molecule has 0 saturated carbocycles. The zero-order chi connectivity index (χ0) is 10.1. The average Bonchev–Trinajstić information content (AvgIpc) is 2.02. The fraction of sp³-hybridized carbons (Fsp3) is 0.250. The van der Waals surface area contributed by atoms with Crippen molar-refractivity contribution < 1.29 is 8.60 Å². The monoisotopic (exact) mass is 238 g/mol. The second-order valence-corrected chi connectivity index (χ2v) is 4.90. The topological polar surface area (TPSA) is 44.2 Å². The third-order valence-electron chi connectivity index (χ3n) is 1.71. The molecule has 0 spiro atoms. The Labute approximate surface area is 89.4 Å². The third kappa shape index (κ3) is 2.85. The summed E-state index contributed by atoms with van der Waals surface area (Å²) in [5, 5.41) is 0. The molecule has 1 N–H and O–H groups in total. The van der Waals surface area contributed by atoms with Crippen LogP contribution in [0.3, 0.4) is 0 Å². The van der Waals surface area contributed by atoms with E-state index >= 15 is 0 Å². The van der Waals surface area contributed by atoms with Gasteiger partial charge in [0.1, 0.15) is 15.7 Å². The van der Waals surface area contributed by atoms with Crippen molar-refractivity contribution in [3.63, 3.8) is 0 Å². The highest BCUT2D eigenvalue weighted by Crippen LogP contribution is 2.19. The first-order chi connectivity index (χ1) is 5.93. The highest BCUT2D eigenvalue weighted by atomic mass is 35.5. The van der Waals surface area contributed by atoms with Gasteiger partial charge in [-0.2, -0.15) is 0 Å². The van der Waals surface area contributed by atoms with Crippen LogP contribution in [0.25, 0.3) is 0 Å². The van der Waals surface area contributed by atoms with Gasteiger partial charge in [0.05, 0.1) is 5.69 Å². The van der Waals surface area contributed by atoms with Crippen LogP contribution in [0.5, 0.6) is 0 Å². The number of halogens is 2. The van der Waals surface area contributed by atoms with Crippen LogP contribution in [-0.4, -0.2) is 17.5 Å². The number of anilines is 1. The summed E-state index contributed by atoms with van der Waals surface area (Å²) in [6, 6.07) is 5.96. The van der Waals surface area contributed by atoms with E-state index in [0.29, 0.717) is 0 Å². The van der Waals surface area contributed by atoms with E-state index in [9.17, 15) is 8.60 Å². The fourth-order valence-electron chi connectivity index (χ4n) is 0.895. The zero-order valence-electron chi connectivity index (χ0n) is 7.86. The van der Waals surface area contributed by atoms with E-state index in [0.717, 1.165) is 4.31 Å². The van der Waals surface area contributed by atoms with Crippen molar-refractivity contribution in [2.75, 3.05) is 17.6 Å². The van der Waals surface area contributed by atoms with Crippen LogP contribution in [0, 0.1) is 10.6 Å². The van der Waals surface area contributed by atoms with Crippen molar-refractivity contribution in [1.29, 1.82) is 4.78 Å². The SMILES string of the molecule is CN(c1ccccc1F)S(C)(=N)=O.Cl. The molecule has 1 aromatic rings. The minimum absolute atomic E-state index is 0. The molecule has 0 aliphatic carbocycles. The van der Waals surface area contributed by atoms with Crippen LogP contribution in [0.1, 0.15) is 0 Å². The van der Waals surface area contributed by atoms with Crippen molar-refractivity contribution >= 4 is 28.0 Å². The minimum Gasteiger partial charge on any atom is -0.286 e. The predicted octanol–water partition coefficient (Wildman–Crippen LogP) is 2.28. The van der Waals surface area contributed by atoms with E-state index in [1.165, 1.54) is 25.4 Å². The van der Waals surface area contributed by atoms with Crippen LogP contribution >= 0.6 is 12.4 Å². The quantitative estimate of drug-likeness (QED) is 0.844. The molecule has 1 rings (SSSR count). The van der Waals surface area contributed by atoms with Crippen LogP contribution in [0.4, 0.5) is 10.1 Å². The molecule has 6 heteroatoms. The summed E-state index contributed by atoms with van der Waals surface area (Å²) in [7, 11) is -1.45. The summed E-state index contributed by atoms with van der Waals surface area (Å²) in [4.78, 5) is 0. The number of hydrogen-bond acceptors (Lipinski definition) is 2. The van der Waals surface area contributed by atoms with Gasteiger partial charge < -0.3 is 0 Å². The molecule has 1 aromatic carbocycles. The number of nitrogens with zero attached hydrogens (tertiary/aromatic N) is 1. The van der Waals surface area contributed by atoms with Crippen LogP contribution < -0.4 is 4.31 Å². The van der Waals surface area contributed by atoms with Crippen molar-refractivity contribution in [3.05, 3.63) is 30.1 Å². The fourth-order valence-corrected chi connectivity index (χ4v) is 1.42. The Morgan fingerprint density at radius 1 is 1.43 bits per heavy atom. The highest BCUT2D eigenvalue weighted by Gasteiger charge is 2.11. The number of benzene rings is 1. The molecule has 0 aromatic heterocycles. The maximum atomic E-state index is 13.1. The van der Waals surface area contributed by atoms with E-state index in [4.69, 9.17) is 4.78 Å². The second kappa shape index (κ2) is 4.61. The molecule has 0 aliphatic rings. The molecule has 0 saturated heterocycles. The van der Waals surface area contributed by atoms with Gasteiger partial charge in [-0.25, -0.2) is 13.4 Å². The Morgan fingerprint density at radius 3 is 2.36 bits per heavy atom. The first-order valence-corrected chi connectivity index (χ1v) is 5.57. The summed E-state index contributed by atoms with van der Waals surface area (Å²) >= 11 is 0. The molecule has 14 heavy (non-hydrogen) atoms. The van der Waals surface area contributed by atoms with Crippen molar-refractivity contribution in [3.8, 4) is 0 Å². The van der Waals surface area contributed by atoms with Crippen molar-refractivity contribution in [2.24, 2.45) is 0 Å². The lowest BCUT2D eigenvalue weighted by molar-refractivity contribution is 0.627. The summed E-state index contributed by atoms with van der Waals surface area (Å²) in [6.07, 6.45) is 1.25. The second-order valence-electron chi connectivity index (χ2n) is 2.75. The van der Waals surface area contributed by atoms with Crippen molar-refractivity contribution in [2.45, 2.75) is 0 Å². The molecule has 0 aliphatic heterocycles. The van der Waals surface area contributed by atoms with Gasteiger partial charge in [-0.1, -0.05) is 12.1 Å². The van der Waals surface area contributed by atoms with E-state index in [2.05, 4.69) is 0 Å². The van der Waals surface area contributed by atoms with E-state index in [1.54, 1.807) is 12.1 Å². The van der Waals surface area contributed by atoms with Gasteiger partial charge in [0.2, 0.25) is 0 Å². The molecule has 0 heterocycles. The first kappa shape index (κ1) is 13.2. The lowest BCUT2D eigenvalue weighted by atomic mass is 10.3.